The van der Waals surface area contributed by atoms with Crippen molar-refractivity contribution in [2.45, 2.75) is 25.8 Å². The van der Waals surface area contributed by atoms with E-state index >= 15 is 0 Å². The Morgan fingerprint density at radius 2 is 2.00 bits per heavy atom. The van der Waals surface area contributed by atoms with E-state index in [1.54, 1.807) is 13.8 Å². The summed E-state index contributed by atoms with van der Waals surface area (Å²) in [7, 11) is 0. The predicted molar refractivity (Wildman–Crippen MR) is 71.3 cm³/mol. The highest BCUT2D eigenvalue weighted by Crippen LogP contribution is 2.20. The lowest BCUT2D eigenvalue weighted by Gasteiger charge is -2.25. The summed E-state index contributed by atoms with van der Waals surface area (Å²) >= 11 is 8.68. The molecule has 0 aliphatic rings. The number of hydrogen-bond acceptors (Lipinski definition) is 1. The number of nitrogens with one attached hydrogen (secondary N) is 1. The van der Waals surface area contributed by atoms with Crippen molar-refractivity contribution in [2.75, 3.05) is 5.33 Å². The fourth-order valence-corrected chi connectivity index (χ4v) is 2.51. The topological polar surface area (TPSA) is 29.1 Å². The van der Waals surface area contributed by atoms with Crippen LogP contribution in [0.15, 0.2) is 12.1 Å². The third-order valence-corrected chi connectivity index (χ3v) is 3.11. The van der Waals surface area contributed by atoms with E-state index in [1.165, 1.54) is 0 Å². The molecule has 6 heteroatoms. The SMILES string of the molecule is CC(C)(CCBr)NC(=O)c1cc(F)c(Cl)cc1F. The van der Waals surface area contributed by atoms with E-state index in [9.17, 15) is 13.6 Å². The van der Waals surface area contributed by atoms with Crippen molar-refractivity contribution in [1.82, 2.24) is 5.32 Å². The van der Waals surface area contributed by atoms with Crippen LogP contribution in [0.2, 0.25) is 5.02 Å². The highest BCUT2D eigenvalue weighted by Gasteiger charge is 2.23. The molecule has 0 bridgehead atoms. The number of hydrogen-bond donors (Lipinski definition) is 1. The molecule has 1 N–H and O–H groups in total. The van der Waals surface area contributed by atoms with Crippen LogP contribution in [0.5, 0.6) is 0 Å². The maximum atomic E-state index is 13.5. The molecule has 0 radical (unpaired) electrons. The molecule has 0 aliphatic heterocycles. The average molecular weight is 341 g/mol. The summed E-state index contributed by atoms with van der Waals surface area (Å²) in [6.45, 7) is 3.60. The quantitative estimate of drug-likeness (QED) is 0.653. The molecule has 0 saturated carbocycles. The number of carbonyl (C=O) groups excluding carboxylic acids is 1. The van der Waals surface area contributed by atoms with Crippen LogP contribution in [0, 0.1) is 11.6 Å². The normalized spacial score (nSPS) is 11.4. The molecule has 0 aliphatic carbocycles. The van der Waals surface area contributed by atoms with Gasteiger partial charge in [-0.15, -0.1) is 0 Å². The third kappa shape index (κ3) is 3.92. The summed E-state index contributed by atoms with van der Waals surface area (Å²) in [4.78, 5) is 11.8. The maximum absolute atomic E-state index is 13.5. The molecular formula is C12H13BrClF2NO. The van der Waals surface area contributed by atoms with Crippen LogP contribution in [-0.4, -0.2) is 16.8 Å². The minimum Gasteiger partial charge on any atom is -0.347 e. The van der Waals surface area contributed by atoms with E-state index in [1.807, 2.05) is 0 Å². The lowest BCUT2D eigenvalue weighted by Crippen LogP contribution is -2.44. The van der Waals surface area contributed by atoms with Crippen molar-refractivity contribution in [3.05, 3.63) is 34.4 Å². The smallest absolute Gasteiger partial charge is 0.254 e. The molecule has 100 valence electrons. The van der Waals surface area contributed by atoms with Crippen LogP contribution >= 0.6 is 27.5 Å². The van der Waals surface area contributed by atoms with Crippen molar-refractivity contribution >= 4 is 33.4 Å². The van der Waals surface area contributed by atoms with Gasteiger partial charge in [0.2, 0.25) is 0 Å². The van der Waals surface area contributed by atoms with E-state index in [0.717, 1.165) is 12.1 Å². The summed E-state index contributed by atoms with van der Waals surface area (Å²) in [6.07, 6.45) is 0.663. The van der Waals surface area contributed by atoms with Crippen molar-refractivity contribution in [2.24, 2.45) is 0 Å². The van der Waals surface area contributed by atoms with Crippen LogP contribution in [-0.2, 0) is 0 Å². The fraction of sp³-hybridized carbons (Fsp3) is 0.417. The minimum atomic E-state index is -0.839. The first-order valence-corrected chi connectivity index (χ1v) is 6.80. The first kappa shape index (κ1) is 15.4. The fourth-order valence-electron chi connectivity index (χ4n) is 1.37. The highest BCUT2D eigenvalue weighted by atomic mass is 79.9. The van der Waals surface area contributed by atoms with Gasteiger partial charge in [0.15, 0.2) is 0 Å². The first-order valence-electron chi connectivity index (χ1n) is 5.30. The molecule has 0 atom stereocenters. The van der Waals surface area contributed by atoms with Gasteiger partial charge < -0.3 is 5.32 Å². The lowest BCUT2D eigenvalue weighted by atomic mass is 10.0. The standard InChI is InChI=1S/C12H13BrClF2NO/c1-12(2,3-4-13)17-11(18)7-5-10(16)8(14)6-9(7)15/h5-6H,3-4H2,1-2H3,(H,17,18). The zero-order valence-corrected chi connectivity index (χ0v) is 12.3. The second-order valence-corrected chi connectivity index (χ2v) is 5.72. The van der Waals surface area contributed by atoms with Gasteiger partial charge in [0.05, 0.1) is 10.6 Å². The largest absolute Gasteiger partial charge is 0.347 e. The molecule has 1 aromatic rings. The van der Waals surface area contributed by atoms with Crippen LogP contribution in [0.1, 0.15) is 30.6 Å². The molecule has 18 heavy (non-hydrogen) atoms. The van der Waals surface area contributed by atoms with Crippen molar-refractivity contribution < 1.29 is 13.6 Å². The Balaban J connectivity index is 2.95. The van der Waals surface area contributed by atoms with Crippen LogP contribution in [0.3, 0.4) is 0 Å². The molecule has 1 amide bonds. The zero-order chi connectivity index (χ0) is 13.9. The van der Waals surface area contributed by atoms with Gasteiger partial charge in [-0.1, -0.05) is 27.5 Å². The summed E-state index contributed by atoms with van der Waals surface area (Å²) in [6, 6.07) is 1.60. The molecular weight excluding hydrogens is 327 g/mol. The Kier molecular flexibility index (Phi) is 5.10. The van der Waals surface area contributed by atoms with Crippen LogP contribution in [0.25, 0.3) is 0 Å². The summed E-state index contributed by atoms with van der Waals surface area (Å²) in [5.41, 5.74) is -0.858. The van der Waals surface area contributed by atoms with Gasteiger partial charge in [-0.05, 0) is 32.4 Å². The Hall–Kier alpha value is -0.680. The molecule has 0 unspecified atom stereocenters. The van der Waals surface area contributed by atoms with Gasteiger partial charge in [-0.25, -0.2) is 8.78 Å². The number of halogens is 4. The van der Waals surface area contributed by atoms with Gasteiger partial charge in [0.1, 0.15) is 11.6 Å². The molecule has 0 aromatic heterocycles. The number of rotatable bonds is 4. The number of alkyl halides is 1. The van der Waals surface area contributed by atoms with Gasteiger partial charge in [0, 0.05) is 10.9 Å². The van der Waals surface area contributed by atoms with Crippen molar-refractivity contribution in [3.8, 4) is 0 Å². The van der Waals surface area contributed by atoms with Crippen LogP contribution in [0.4, 0.5) is 8.78 Å². The van der Waals surface area contributed by atoms with Crippen LogP contribution < -0.4 is 5.32 Å². The number of carbonyl (C=O) groups is 1. The summed E-state index contributed by atoms with van der Waals surface area (Å²) in [5.74, 6) is -2.32. The second kappa shape index (κ2) is 5.97. The van der Waals surface area contributed by atoms with Gasteiger partial charge in [0.25, 0.3) is 5.91 Å². The summed E-state index contributed by atoms with van der Waals surface area (Å²) in [5, 5.41) is 2.99. The van der Waals surface area contributed by atoms with E-state index in [-0.39, 0.29) is 10.6 Å². The van der Waals surface area contributed by atoms with E-state index in [4.69, 9.17) is 11.6 Å². The average Bonchev–Trinajstić information content (AvgIpc) is 2.22. The molecule has 0 heterocycles. The number of benzene rings is 1. The zero-order valence-electron chi connectivity index (χ0n) is 9.99. The monoisotopic (exact) mass is 339 g/mol. The minimum absolute atomic E-state index is 0.344. The van der Waals surface area contributed by atoms with Gasteiger partial charge >= 0.3 is 0 Å². The highest BCUT2D eigenvalue weighted by molar-refractivity contribution is 9.09. The molecule has 0 fully saturated rings. The second-order valence-electron chi connectivity index (χ2n) is 4.52. The Morgan fingerprint density at radius 3 is 2.56 bits per heavy atom. The first-order chi connectivity index (χ1) is 8.26. The molecule has 0 spiro atoms. The van der Waals surface area contributed by atoms with E-state index < -0.39 is 23.1 Å². The predicted octanol–water partition coefficient (Wildman–Crippen LogP) is 3.91. The molecule has 1 aromatic carbocycles. The maximum Gasteiger partial charge on any atom is 0.254 e. The summed E-state index contributed by atoms with van der Waals surface area (Å²) < 4.78 is 26.7. The van der Waals surface area contributed by atoms with Crippen molar-refractivity contribution in [3.63, 3.8) is 0 Å². The van der Waals surface area contributed by atoms with E-state index in [0.29, 0.717) is 11.8 Å². The lowest BCUT2D eigenvalue weighted by molar-refractivity contribution is 0.0907. The molecule has 2 nitrogen and oxygen atoms in total. The van der Waals surface area contributed by atoms with E-state index in [2.05, 4.69) is 21.2 Å². The molecule has 1 rings (SSSR count). The van der Waals surface area contributed by atoms with Crippen molar-refractivity contribution in [1.29, 1.82) is 0 Å². The van der Waals surface area contributed by atoms with Gasteiger partial charge in [-0.2, -0.15) is 0 Å². The Labute approximate surface area is 118 Å². The van der Waals surface area contributed by atoms with Gasteiger partial charge in [-0.3, -0.25) is 4.79 Å². The number of amides is 1. The Morgan fingerprint density at radius 1 is 1.39 bits per heavy atom. The third-order valence-electron chi connectivity index (χ3n) is 2.43. The Bertz CT molecular complexity index is 466. The molecule has 0 saturated heterocycles.